The van der Waals surface area contributed by atoms with Crippen LogP contribution in [0.3, 0.4) is 0 Å². The zero-order valence-electron chi connectivity index (χ0n) is 13.6. The van der Waals surface area contributed by atoms with E-state index in [1.807, 2.05) is 6.07 Å². The summed E-state index contributed by atoms with van der Waals surface area (Å²) in [5.41, 5.74) is 7.38. The average molecular weight is 292 g/mol. The molecular weight excluding hydrogens is 264 g/mol. The van der Waals surface area contributed by atoms with E-state index >= 15 is 0 Å². The molecule has 0 saturated carbocycles. The maximum Gasteiger partial charge on any atom is 0.337 e. The van der Waals surface area contributed by atoms with E-state index in [-0.39, 0.29) is 5.56 Å². The Morgan fingerprint density at radius 1 is 1.14 bits per heavy atom. The molecule has 0 aliphatic heterocycles. The van der Waals surface area contributed by atoms with Crippen molar-refractivity contribution in [2.24, 2.45) is 11.8 Å². The van der Waals surface area contributed by atoms with Gasteiger partial charge in [0.1, 0.15) is 0 Å². The lowest BCUT2D eigenvalue weighted by Gasteiger charge is -2.27. The van der Waals surface area contributed by atoms with Crippen LogP contribution >= 0.6 is 0 Å². The van der Waals surface area contributed by atoms with Crippen molar-refractivity contribution in [1.29, 1.82) is 0 Å². The molecule has 1 rings (SSSR count). The molecule has 1 aromatic rings. The summed E-state index contributed by atoms with van der Waals surface area (Å²) < 4.78 is 0. The van der Waals surface area contributed by atoms with Crippen molar-refractivity contribution in [1.82, 2.24) is 0 Å². The summed E-state index contributed by atoms with van der Waals surface area (Å²) in [7, 11) is 0. The van der Waals surface area contributed by atoms with Crippen LogP contribution in [-0.4, -0.2) is 24.2 Å². The van der Waals surface area contributed by atoms with Gasteiger partial charge < -0.3 is 15.7 Å². The fourth-order valence-corrected chi connectivity index (χ4v) is 2.14. The Morgan fingerprint density at radius 3 is 2.05 bits per heavy atom. The first-order valence-corrected chi connectivity index (χ1v) is 7.69. The van der Waals surface area contributed by atoms with Crippen molar-refractivity contribution in [3.63, 3.8) is 0 Å². The molecule has 0 aliphatic rings. The molecule has 0 aromatic heterocycles. The molecule has 3 N–H and O–H groups in total. The fourth-order valence-electron chi connectivity index (χ4n) is 2.14. The van der Waals surface area contributed by atoms with Gasteiger partial charge in [0.15, 0.2) is 0 Å². The van der Waals surface area contributed by atoms with Crippen LogP contribution in [0, 0.1) is 11.8 Å². The predicted molar refractivity (Wildman–Crippen MR) is 88.9 cm³/mol. The Labute approximate surface area is 128 Å². The normalized spacial score (nSPS) is 11.1. The topological polar surface area (TPSA) is 66.6 Å². The molecule has 0 fully saturated rings. The monoisotopic (exact) mass is 292 g/mol. The third-order valence-electron chi connectivity index (χ3n) is 3.58. The minimum Gasteiger partial charge on any atom is -0.478 e. The maximum atomic E-state index is 11.0. The molecule has 4 heteroatoms. The summed E-state index contributed by atoms with van der Waals surface area (Å²) in [5.74, 6) is 0.305. The Morgan fingerprint density at radius 2 is 1.67 bits per heavy atom. The molecular formula is C17H28N2O2. The molecule has 0 bridgehead atoms. The number of carboxylic acid groups (broad SMARTS) is 1. The number of aromatic carboxylic acids is 1. The van der Waals surface area contributed by atoms with E-state index in [4.69, 9.17) is 10.8 Å². The molecule has 0 saturated heterocycles. The molecule has 0 heterocycles. The number of rotatable bonds is 8. The van der Waals surface area contributed by atoms with Crippen molar-refractivity contribution in [2.45, 2.75) is 40.5 Å². The Balaban J connectivity index is 2.90. The summed E-state index contributed by atoms with van der Waals surface area (Å²) in [4.78, 5) is 13.3. The van der Waals surface area contributed by atoms with Crippen LogP contribution in [0.4, 0.5) is 11.4 Å². The van der Waals surface area contributed by atoms with Gasteiger partial charge in [0.25, 0.3) is 0 Å². The second kappa shape index (κ2) is 7.91. The van der Waals surface area contributed by atoms with Crippen LogP contribution in [0.2, 0.25) is 0 Å². The second-order valence-electron chi connectivity index (χ2n) is 6.43. The Kier molecular flexibility index (Phi) is 6.53. The number of nitrogen functional groups attached to an aromatic ring is 1. The number of anilines is 2. The van der Waals surface area contributed by atoms with E-state index in [2.05, 4.69) is 32.6 Å². The summed E-state index contributed by atoms with van der Waals surface area (Å²) in [6.07, 6.45) is 2.22. The number of hydrogen-bond donors (Lipinski definition) is 2. The van der Waals surface area contributed by atoms with E-state index in [9.17, 15) is 4.79 Å². The second-order valence-corrected chi connectivity index (χ2v) is 6.43. The van der Waals surface area contributed by atoms with Crippen molar-refractivity contribution < 1.29 is 9.90 Å². The van der Waals surface area contributed by atoms with Crippen LogP contribution in [0.15, 0.2) is 18.2 Å². The molecule has 0 aliphatic carbocycles. The molecule has 4 nitrogen and oxygen atoms in total. The van der Waals surface area contributed by atoms with Crippen molar-refractivity contribution in [2.75, 3.05) is 23.7 Å². The smallest absolute Gasteiger partial charge is 0.337 e. The first-order chi connectivity index (χ1) is 9.81. The highest BCUT2D eigenvalue weighted by Crippen LogP contribution is 2.23. The molecule has 118 valence electrons. The molecule has 0 atom stereocenters. The van der Waals surface area contributed by atoms with Gasteiger partial charge in [-0.25, -0.2) is 4.79 Å². The van der Waals surface area contributed by atoms with Crippen molar-refractivity contribution >= 4 is 17.3 Å². The minimum absolute atomic E-state index is 0.173. The molecule has 21 heavy (non-hydrogen) atoms. The molecule has 0 spiro atoms. The summed E-state index contributed by atoms with van der Waals surface area (Å²) in [6.45, 7) is 10.8. The lowest BCUT2D eigenvalue weighted by atomic mass is 10.1. The molecule has 1 aromatic carbocycles. The average Bonchev–Trinajstić information content (AvgIpc) is 2.37. The third-order valence-corrected chi connectivity index (χ3v) is 3.58. The summed E-state index contributed by atoms with van der Waals surface area (Å²) in [5, 5.41) is 9.05. The van der Waals surface area contributed by atoms with E-state index in [1.165, 1.54) is 0 Å². The van der Waals surface area contributed by atoms with Crippen LogP contribution in [0.1, 0.15) is 50.9 Å². The van der Waals surface area contributed by atoms with E-state index < -0.39 is 5.97 Å². The zero-order valence-corrected chi connectivity index (χ0v) is 13.6. The Hall–Kier alpha value is -1.71. The molecule has 0 unspecified atom stereocenters. The van der Waals surface area contributed by atoms with Crippen LogP contribution in [-0.2, 0) is 0 Å². The summed E-state index contributed by atoms with van der Waals surface area (Å²) >= 11 is 0. The standard InChI is InChI=1S/C17H28N2O2/c1-12(2)7-9-19(10-8-13(3)4)14-5-6-15(17(20)21)16(18)11-14/h5-6,11-13H,7-10,18H2,1-4H3,(H,20,21). The zero-order chi connectivity index (χ0) is 16.0. The predicted octanol–water partition coefficient (Wildman–Crippen LogP) is 3.87. The summed E-state index contributed by atoms with van der Waals surface area (Å²) in [6, 6.07) is 5.25. The largest absolute Gasteiger partial charge is 0.478 e. The van der Waals surface area contributed by atoms with Gasteiger partial charge in [0, 0.05) is 24.5 Å². The number of nitrogens with zero attached hydrogens (tertiary/aromatic N) is 1. The van der Waals surface area contributed by atoms with Gasteiger partial charge in [-0.1, -0.05) is 27.7 Å². The van der Waals surface area contributed by atoms with Crippen molar-refractivity contribution in [3.8, 4) is 0 Å². The lowest BCUT2D eigenvalue weighted by Crippen LogP contribution is -2.27. The first kappa shape index (κ1) is 17.3. The highest BCUT2D eigenvalue weighted by atomic mass is 16.4. The molecule has 0 radical (unpaired) electrons. The van der Waals surface area contributed by atoms with E-state index in [1.54, 1.807) is 12.1 Å². The number of benzene rings is 1. The maximum absolute atomic E-state index is 11.0. The number of carbonyl (C=O) groups is 1. The highest BCUT2D eigenvalue weighted by Gasteiger charge is 2.13. The van der Waals surface area contributed by atoms with Crippen LogP contribution in [0.25, 0.3) is 0 Å². The van der Waals surface area contributed by atoms with Crippen LogP contribution in [0.5, 0.6) is 0 Å². The SMILES string of the molecule is CC(C)CCN(CCC(C)C)c1ccc(C(=O)O)c(N)c1. The Bertz CT molecular complexity index is 458. The fraction of sp³-hybridized carbons (Fsp3) is 0.588. The first-order valence-electron chi connectivity index (χ1n) is 7.69. The van der Waals surface area contributed by atoms with Crippen LogP contribution < -0.4 is 10.6 Å². The van der Waals surface area contributed by atoms with Gasteiger partial charge in [0.2, 0.25) is 0 Å². The molecule has 0 amide bonds. The van der Waals surface area contributed by atoms with Gasteiger partial charge in [-0.3, -0.25) is 0 Å². The van der Waals surface area contributed by atoms with Gasteiger partial charge in [-0.15, -0.1) is 0 Å². The quantitative estimate of drug-likeness (QED) is 0.714. The van der Waals surface area contributed by atoms with Gasteiger partial charge in [0.05, 0.1) is 5.56 Å². The number of carboxylic acids is 1. The lowest BCUT2D eigenvalue weighted by molar-refractivity contribution is 0.0698. The van der Waals surface area contributed by atoms with Gasteiger partial charge >= 0.3 is 5.97 Å². The number of hydrogen-bond acceptors (Lipinski definition) is 3. The van der Waals surface area contributed by atoms with E-state index in [0.29, 0.717) is 17.5 Å². The van der Waals surface area contributed by atoms with Gasteiger partial charge in [-0.05, 0) is 42.9 Å². The van der Waals surface area contributed by atoms with Crippen molar-refractivity contribution in [3.05, 3.63) is 23.8 Å². The van der Waals surface area contributed by atoms with E-state index in [0.717, 1.165) is 31.6 Å². The highest BCUT2D eigenvalue weighted by molar-refractivity contribution is 5.94. The number of nitrogens with two attached hydrogens (primary N) is 1. The minimum atomic E-state index is -0.977. The third kappa shape index (κ3) is 5.66. The van der Waals surface area contributed by atoms with Gasteiger partial charge in [-0.2, -0.15) is 0 Å².